The van der Waals surface area contributed by atoms with Crippen LogP contribution in [0.25, 0.3) is 0 Å². The maximum Gasteiger partial charge on any atom is 0.251 e. The maximum atomic E-state index is 12.1. The van der Waals surface area contributed by atoms with E-state index in [2.05, 4.69) is 26.6 Å². The number of benzene rings is 2. The molecular formula is C19H21BrN2O5. The first kappa shape index (κ1) is 20.6. The molecule has 0 aromatic heterocycles. The van der Waals surface area contributed by atoms with Crippen molar-refractivity contribution in [1.29, 1.82) is 0 Å². The number of halogens is 1. The van der Waals surface area contributed by atoms with Gasteiger partial charge in [-0.2, -0.15) is 0 Å². The van der Waals surface area contributed by atoms with Gasteiger partial charge in [0.15, 0.2) is 11.5 Å². The van der Waals surface area contributed by atoms with Gasteiger partial charge in [0.1, 0.15) is 0 Å². The Morgan fingerprint density at radius 3 is 2.07 bits per heavy atom. The number of nitrogens with one attached hydrogen (secondary N) is 2. The molecule has 0 aliphatic rings. The van der Waals surface area contributed by atoms with Crippen LogP contribution in [0, 0.1) is 0 Å². The third-order valence-electron chi connectivity index (χ3n) is 3.69. The van der Waals surface area contributed by atoms with Gasteiger partial charge >= 0.3 is 0 Å². The van der Waals surface area contributed by atoms with Gasteiger partial charge in [0.25, 0.3) is 5.91 Å². The molecule has 0 bridgehead atoms. The van der Waals surface area contributed by atoms with Gasteiger partial charge in [-0.3, -0.25) is 9.59 Å². The van der Waals surface area contributed by atoms with Gasteiger partial charge in [-0.1, -0.05) is 15.9 Å². The fourth-order valence-corrected chi connectivity index (χ4v) is 2.63. The van der Waals surface area contributed by atoms with Crippen LogP contribution in [0.4, 0.5) is 5.69 Å². The van der Waals surface area contributed by atoms with Crippen molar-refractivity contribution in [2.45, 2.75) is 6.42 Å². The summed E-state index contributed by atoms with van der Waals surface area (Å²) in [6.45, 7) is 0.213. The first-order chi connectivity index (χ1) is 13.0. The first-order valence-corrected chi connectivity index (χ1v) is 8.91. The fraction of sp³-hybridized carbons (Fsp3) is 0.263. The molecule has 8 heteroatoms. The summed E-state index contributed by atoms with van der Waals surface area (Å²) in [4.78, 5) is 24.2. The van der Waals surface area contributed by atoms with Crippen molar-refractivity contribution in [3.05, 3.63) is 46.4 Å². The number of ether oxygens (including phenoxy) is 3. The molecule has 0 radical (unpaired) electrons. The number of hydrogen-bond donors (Lipinski definition) is 2. The highest BCUT2D eigenvalue weighted by molar-refractivity contribution is 9.10. The van der Waals surface area contributed by atoms with Crippen LogP contribution >= 0.6 is 15.9 Å². The molecule has 0 saturated carbocycles. The molecule has 2 amide bonds. The smallest absolute Gasteiger partial charge is 0.251 e. The van der Waals surface area contributed by atoms with Gasteiger partial charge in [0.2, 0.25) is 11.7 Å². The van der Waals surface area contributed by atoms with E-state index < -0.39 is 0 Å². The van der Waals surface area contributed by atoms with Crippen molar-refractivity contribution in [1.82, 2.24) is 5.32 Å². The lowest BCUT2D eigenvalue weighted by atomic mass is 10.2. The van der Waals surface area contributed by atoms with Crippen LogP contribution in [0.2, 0.25) is 0 Å². The van der Waals surface area contributed by atoms with E-state index in [-0.39, 0.29) is 24.8 Å². The van der Waals surface area contributed by atoms with Crippen molar-refractivity contribution < 1.29 is 23.8 Å². The molecule has 2 aromatic rings. The first-order valence-electron chi connectivity index (χ1n) is 8.12. The average Bonchev–Trinajstić information content (AvgIpc) is 2.67. The molecule has 27 heavy (non-hydrogen) atoms. The molecule has 0 spiro atoms. The number of anilines is 1. The quantitative estimate of drug-likeness (QED) is 0.663. The lowest BCUT2D eigenvalue weighted by Gasteiger charge is -2.14. The lowest BCUT2D eigenvalue weighted by Crippen LogP contribution is -2.27. The van der Waals surface area contributed by atoms with Crippen LogP contribution in [-0.4, -0.2) is 39.7 Å². The zero-order chi connectivity index (χ0) is 19.8. The number of amides is 2. The van der Waals surface area contributed by atoms with E-state index in [0.717, 1.165) is 4.47 Å². The van der Waals surface area contributed by atoms with Gasteiger partial charge < -0.3 is 24.8 Å². The van der Waals surface area contributed by atoms with Crippen molar-refractivity contribution in [3.8, 4) is 17.2 Å². The molecule has 0 fully saturated rings. The molecule has 0 atom stereocenters. The lowest BCUT2D eigenvalue weighted by molar-refractivity contribution is -0.116. The number of hydrogen-bond acceptors (Lipinski definition) is 5. The van der Waals surface area contributed by atoms with Crippen molar-refractivity contribution in [2.24, 2.45) is 0 Å². The van der Waals surface area contributed by atoms with E-state index in [0.29, 0.717) is 28.5 Å². The standard InChI is InChI=1S/C19H21BrN2O5/c1-25-15-10-14(11-16(26-2)18(15)27-3)22-17(23)8-9-21-19(24)12-4-6-13(20)7-5-12/h4-7,10-11H,8-9H2,1-3H3,(H,21,24)(H,22,23). The Morgan fingerprint density at radius 2 is 1.56 bits per heavy atom. The van der Waals surface area contributed by atoms with E-state index in [1.165, 1.54) is 21.3 Å². The van der Waals surface area contributed by atoms with Crippen molar-refractivity contribution >= 4 is 33.4 Å². The molecule has 0 saturated heterocycles. The monoisotopic (exact) mass is 436 g/mol. The predicted molar refractivity (Wildman–Crippen MR) is 106 cm³/mol. The molecule has 7 nitrogen and oxygen atoms in total. The Labute approximate surface area is 166 Å². The van der Waals surface area contributed by atoms with E-state index in [9.17, 15) is 9.59 Å². The van der Waals surface area contributed by atoms with Gasteiger partial charge in [0, 0.05) is 40.8 Å². The molecule has 0 aliphatic carbocycles. The minimum atomic E-state index is -0.250. The Kier molecular flexibility index (Phi) is 7.48. The Bertz CT molecular complexity index is 783. The van der Waals surface area contributed by atoms with Crippen LogP contribution in [0.5, 0.6) is 17.2 Å². The second-order valence-electron chi connectivity index (χ2n) is 5.47. The molecule has 0 unspecified atom stereocenters. The van der Waals surface area contributed by atoms with E-state index in [4.69, 9.17) is 14.2 Å². The van der Waals surface area contributed by atoms with Crippen LogP contribution in [0.3, 0.4) is 0 Å². The minimum absolute atomic E-state index is 0.124. The van der Waals surface area contributed by atoms with E-state index in [1.54, 1.807) is 36.4 Å². The summed E-state index contributed by atoms with van der Waals surface area (Å²) in [7, 11) is 4.51. The second kappa shape index (κ2) is 9.82. The van der Waals surface area contributed by atoms with Crippen molar-refractivity contribution in [3.63, 3.8) is 0 Å². The summed E-state index contributed by atoms with van der Waals surface area (Å²) in [6, 6.07) is 10.3. The number of carbonyl (C=O) groups excluding carboxylic acids is 2. The Morgan fingerprint density at radius 1 is 0.963 bits per heavy atom. The maximum absolute atomic E-state index is 12.1. The zero-order valence-electron chi connectivity index (χ0n) is 15.3. The van der Waals surface area contributed by atoms with Gasteiger partial charge in [-0.25, -0.2) is 0 Å². The molecule has 2 rings (SSSR count). The highest BCUT2D eigenvalue weighted by atomic mass is 79.9. The fourth-order valence-electron chi connectivity index (χ4n) is 2.37. The second-order valence-corrected chi connectivity index (χ2v) is 6.39. The zero-order valence-corrected chi connectivity index (χ0v) is 16.9. The van der Waals surface area contributed by atoms with Crippen molar-refractivity contribution in [2.75, 3.05) is 33.2 Å². The highest BCUT2D eigenvalue weighted by Crippen LogP contribution is 2.39. The Hall–Kier alpha value is -2.74. The highest BCUT2D eigenvalue weighted by Gasteiger charge is 2.14. The summed E-state index contributed by atoms with van der Waals surface area (Å²) in [5.41, 5.74) is 1.04. The summed E-state index contributed by atoms with van der Waals surface area (Å²) in [5, 5.41) is 5.47. The largest absolute Gasteiger partial charge is 0.493 e. The molecule has 2 N–H and O–H groups in total. The molecule has 0 aliphatic heterocycles. The van der Waals surface area contributed by atoms with Gasteiger partial charge in [-0.05, 0) is 24.3 Å². The summed E-state index contributed by atoms with van der Waals surface area (Å²) in [6.07, 6.45) is 0.124. The summed E-state index contributed by atoms with van der Waals surface area (Å²) < 4.78 is 16.6. The van der Waals surface area contributed by atoms with Gasteiger partial charge in [0.05, 0.1) is 21.3 Å². The Balaban J connectivity index is 1.92. The molecule has 2 aromatic carbocycles. The third-order valence-corrected chi connectivity index (χ3v) is 4.22. The third kappa shape index (κ3) is 5.62. The van der Waals surface area contributed by atoms with Crippen LogP contribution in [0.15, 0.2) is 40.9 Å². The molecule has 0 heterocycles. The normalized spacial score (nSPS) is 10.1. The molecular weight excluding hydrogens is 416 g/mol. The summed E-state index contributed by atoms with van der Waals surface area (Å²) in [5.74, 6) is 0.842. The number of rotatable bonds is 8. The van der Waals surface area contributed by atoms with Crippen LogP contribution in [0.1, 0.15) is 16.8 Å². The van der Waals surface area contributed by atoms with Crippen LogP contribution in [-0.2, 0) is 4.79 Å². The van der Waals surface area contributed by atoms with Crippen LogP contribution < -0.4 is 24.8 Å². The van der Waals surface area contributed by atoms with E-state index in [1.807, 2.05) is 0 Å². The minimum Gasteiger partial charge on any atom is -0.493 e. The number of carbonyl (C=O) groups is 2. The average molecular weight is 437 g/mol. The number of methoxy groups -OCH3 is 3. The SMILES string of the molecule is COc1cc(NC(=O)CCNC(=O)c2ccc(Br)cc2)cc(OC)c1OC. The summed E-state index contributed by atoms with van der Waals surface area (Å²) >= 11 is 3.32. The molecule has 144 valence electrons. The topological polar surface area (TPSA) is 85.9 Å². The van der Waals surface area contributed by atoms with E-state index >= 15 is 0 Å². The van der Waals surface area contributed by atoms with Gasteiger partial charge in [-0.15, -0.1) is 0 Å². The predicted octanol–water partition coefficient (Wildman–Crippen LogP) is 3.23.